The van der Waals surface area contributed by atoms with E-state index in [0.717, 1.165) is 25.7 Å². The second kappa shape index (κ2) is 9.01. The first-order valence-corrected chi connectivity index (χ1v) is 9.84. The van der Waals surface area contributed by atoms with Gasteiger partial charge >= 0.3 is 5.97 Å². The van der Waals surface area contributed by atoms with Crippen molar-refractivity contribution in [2.45, 2.75) is 64.6 Å². The fraction of sp³-hybridized carbons (Fsp3) is 0.476. The summed E-state index contributed by atoms with van der Waals surface area (Å²) in [4.78, 5) is 23.9. The molecule has 150 valence electrons. The molecule has 3 rings (SSSR count). The molecule has 1 amide bonds. The van der Waals surface area contributed by atoms with Gasteiger partial charge < -0.3 is 15.2 Å². The maximum atomic E-state index is 12.7. The first-order chi connectivity index (χ1) is 13.5. The third-order valence-corrected chi connectivity index (χ3v) is 5.17. The Morgan fingerprint density at radius 1 is 1.32 bits per heavy atom. The maximum absolute atomic E-state index is 12.7. The summed E-state index contributed by atoms with van der Waals surface area (Å²) in [7, 11) is 0. The number of nitrogens with zero attached hydrogens (tertiary/aromatic N) is 2. The number of amides is 1. The van der Waals surface area contributed by atoms with Crippen molar-refractivity contribution in [3.63, 3.8) is 0 Å². The topological polar surface area (TPSA) is 93.5 Å². The standard InChI is InChI=1S/C21H27N3O4/c1-3-19(28-17-10-5-4-6-11-17)20(25)23-15-8-7-9-16(12-15)24-14(2)18(13-22-24)21(26)27/h7-9,12-13,17,19H,3-6,10-11H2,1-2H3,(H,23,25)(H,26,27). The molecule has 1 saturated carbocycles. The van der Waals surface area contributed by atoms with Crippen LogP contribution in [0.25, 0.3) is 5.69 Å². The number of aromatic carboxylic acids is 1. The number of carboxylic acid groups (broad SMARTS) is 1. The van der Waals surface area contributed by atoms with Crippen LogP contribution in [0.4, 0.5) is 5.69 Å². The van der Waals surface area contributed by atoms with Crippen LogP contribution in [0.3, 0.4) is 0 Å². The molecule has 0 radical (unpaired) electrons. The number of aromatic nitrogens is 2. The number of nitrogens with one attached hydrogen (secondary N) is 1. The third kappa shape index (κ3) is 4.59. The highest BCUT2D eigenvalue weighted by atomic mass is 16.5. The molecule has 0 spiro atoms. The SMILES string of the molecule is CCC(OC1CCCCC1)C(=O)Nc1cccc(-n2ncc(C(=O)O)c2C)c1. The summed E-state index contributed by atoms with van der Waals surface area (Å²) in [5.41, 5.74) is 1.99. The molecule has 1 aromatic heterocycles. The molecule has 1 heterocycles. The Labute approximate surface area is 164 Å². The summed E-state index contributed by atoms with van der Waals surface area (Å²) in [6, 6.07) is 7.19. The van der Waals surface area contributed by atoms with E-state index in [2.05, 4.69) is 10.4 Å². The summed E-state index contributed by atoms with van der Waals surface area (Å²) in [5, 5.41) is 16.3. The van der Waals surface area contributed by atoms with E-state index in [4.69, 9.17) is 4.74 Å². The van der Waals surface area contributed by atoms with E-state index in [0.29, 0.717) is 23.5 Å². The molecule has 0 saturated heterocycles. The molecular weight excluding hydrogens is 358 g/mol. The highest BCUT2D eigenvalue weighted by Gasteiger charge is 2.23. The van der Waals surface area contributed by atoms with Crippen molar-refractivity contribution in [1.29, 1.82) is 0 Å². The third-order valence-electron chi connectivity index (χ3n) is 5.17. The van der Waals surface area contributed by atoms with Gasteiger partial charge in [-0.25, -0.2) is 9.48 Å². The van der Waals surface area contributed by atoms with Crippen LogP contribution in [0.1, 0.15) is 61.5 Å². The highest BCUT2D eigenvalue weighted by Crippen LogP contribution is 2.23. The molecule has 7 nitrogen and oxygen atoms in total. The van der Waals surface area contributed by atoms with E-state index in [1.54, 1.807) is 29.8 Å². The van der Waals surface area contributed by atoms with E-state index in [1.807, 2.05) is 13.0 Å². The second-order valence-corrected chi connectivity index (χ2v) is 7.19. The first kappa shape index (κ1) is 20.1. The zero-order valence-electron chi connectivity index (χ0n) is 16.4. The lowest BCUT2D eigenvalue weighted by Crippen LogP contribution is -2.34. The van der Waals surface area contributed by atoms with Gasteiger partial charge in [-0.1, -0.05) is 32.3 Å². The van der Waals surface area contributed by atoms with Crippen LogP contribution in [-0.2, 0) is 9.53 Å². The summed E-state index contributed by atoms with van der Waals surface area (Å²) < 4.78 is 7.59. The van der Waals surface area contributed by atoms with Crippen molar-refractivity contribution in [1.82, 2.24) is 9.78 Å². The van der Waals surface area contributed by atoms with Crippen LogP contribution >= 0.6 is 0 Å². The molecule has 1 fully saturated rings. The number of carboxylic acids is 1. The minimum absolute atomic E-state index is 0.154. The van der Waals surface area contributed by atoms with Crippen molar-refractivity contribution in [2.75, 3.05) is 5.32 Å². The monoisotopic (exact) mass is 385 g/mol. The van der Waals surface area contributed by atoms with Gasteiger partial charge in [0, 0.05) is 5.69 Å². The van der Waals surface area contributed by atoms with Crippen molar-refractivity contribution >= 4 is 17.6 Å². The smallest absolute Gasteiger partial charge is 0.339 e. The van der Waals surface area contributed by atoms with Gasteiger partial charge in [0.15, 0.2) is 0 Å². The molecule has 1 aliphatic carbocycles. The maximum Gasteiger partial charge on any atom is 0.339 e. The van der Waals surface area contributed by atoms with E-state index in [9.17, 15) is 14.7 Å². The van der Waals surface area contributed by atoms with Crippen LogP contribution in [0.15, 0.2) is 30.5 Å². The molecule has 28 heavy (non-hydrogen) atoms. The lowest BCUT2D eigenvalue weighted by molar-refractivity contribution is -0.132. The van der Waals surface area contributed by atoms with Crippen molar-refractivity contribution in [3.05, 3.63) is 41.7 Å². The first-order valence-electron chi connectivity index (χ1n) is 9.84. The van der Waals surface area contributed by atoms with E-state index in [1.165, 1.54) is 12.6 Å². The predicted molar refractivity (Wildman–Crippen MR) is 106 cm³/mol. The highest BCUT2D eigenvalue weighted by molar-refractivity contribution is 5.94. The second-order valence-electron chi connectivity index (χ2n) is 7.19. The van der Waals surface area contributed by atoms with E-state index < -0.39 is 12.1 Å². The Balaban J connectivity index is 1.71. The Hall–Kier alpha value is -2.67. The lowest BCUT2D eigenvalue weighted by atomic mass is 9.97. The molecule has 1 aromatic carbocycles. The molecule has 1 unspecified atom stereocenters. The lowest BCUT2D eigenvalue weighted by Gasteiger charge is -2.26. The van der Waals surface area contributed by atoms with Crippen LogP contribution in [0, 0.1) is 6.92 Å². The summed E-state index contributed by atoms with van der Waals surface area (Å²) in [6.45, 7) is 3.65. The zero-order valence-corrected chi connectivity index (χ0v) is 16.4. The molecule has 1 atom stereocenters. The molecule has 0 bridgehead atoms. The number of hydrogen-bond acceptors (Lipinski definition) is 4. The van der Waals surface area contributed by atoms with Gasteiger partial charge in [0.1, 0.15) is 11.7 Å². The average molecular weight is 385 g/mol. The number of carbonyl (C=O) groups excluding carboxylic acids is 1. The minimum Gasteiger partial charge on any atom is -0.478 e. The Morgan fingerprint density at radius 2 is 2.07 bits per heavy atom. The van der Waals surface area contributed by atoms with Gasteiger partial charge in [-0.05, 0) is 44.4 Å². The average Bonchev–Trinajstić information content (AvgIpc) is 3.08. The van der Waals surface area contributed by atoms with Crippen molar-refractivity contribution in [2.24, 2.45) is 0 Å². The summed E-state index contributed by atoms with van der Waals surface area (Å²) in [5.74, 6) is -1.17. The largest absolute Gasteiger partial charge is 0.478 e. The van der Waals surface area contributed by atoms with Crippen LogP contribution < -0.4 is 5.32 Å². The number of carbonyl (C=O) groups is 2. The zero-order chi connectivity index (χ0) is 20.1. The summed E-state index contributed by atoms with van der Waals surface area (Å²) in [6.07, 6.45) is 7.22. The number of ether oxygens (including phenoxy) is 1. The fourth-order valence-electron chi connectivity index (χ4n) is 3.59. The van der Waals surface area contributed by atoms with Gasteiger partial charge in [0.25, 0.3) is 5.91 Å². The number of anilines is 1. The minimum atomic E-state index is -1.01. The fourth-order valence-corrected chi connectivity index (χ4v) is 3.59. The van der Waals surface area contributed by atoms with E-state index in [-0.39, 0.29) is 17.6 Å². The Kier molecular flexibility index (Phi) is 6.46. The van der Waals surface area contributed by atoms with Gasteiger partial charge in [0.05, 0.1) is 23.7 Å². The van der Waals surface area contributed by atoms with Gasteiger partial charge in [-0.15, -0.1) is 0 Å². The quantitative estimate of drug-likeness (QED) is 0.753. The number of benzene rings is 1. The van der Waals surface area contributed by atoms with Crippen molar-refractivity contribution in [3.8, 4) is 5.69 Å². The molecule has 2 N–H and O–H groups in total. The molecule has 7 heteroatoms. The van der Waals surface area contributed by atoms with Crippen molar-refractivity contribution < 1.29 is 19.4 Å². The van der Waals surface area contributed by atoms with E-state index >= 15 is 0 Å². The molecular formula is C21H27N3O4. The van der Waals surface area contributed by atoms with Crippen LogP contribution in [-0.4, -0.2) is 39.0 Å². The van der Waals surface area contributed by atoms with Gasteiger partial charge in [-0.3, -0.25) is 4.79 Å². The number of hydrogen-bond donors (Lipinski definition) is 2. The normalized spacial score (nSPS) is 15.9. The summed E-state index contributed by atoms with van der Waals surface area (Å²) >= 11 is 0. The van der Waals surface area contributed by atoms with Gasteiger partial charge in [-0.2, -0.15) is 5.10 Å². The number of rotatable bonds is 7. The van der Waals surface area contributed by atoms with Gasteiger partial charge in [0.2, 0.25) is 0 Å². The Morgan fingerprint density at radius 3 is 2.71 bits per heavy atom. The molecule has 0 aliphatic heterocycles. The predicted octanol–water partition coefficient (Wildman–Crippen LogP) is 3.95. The van der Waals surface area contributed by atoms with Crippen LogP contribution in [0.5, 0.6) is 0 Å². The molecule has 2 aromatic rings. The molecule has 1 aliphatic rings. The Bertz CT molecular complexity index is 840. The van der Waals surface area contributed by atoms with Crippen LogP contribution in [0.2, 0.25) is 0 Å².